The Morgan fingerprint density at radius 2 is 2.00 bits per heavy atom. The molecule has 0 atom stereocenters. The normalized spacial score (nSPS) is 19.2. The number of ether oxygens (including phenoxy) is 2. The molecule has 1 aliphatic rings. The molecule has 1 rings (SSSR count). The third-order valence-electron chi connectivity index (χ3n) is 1.49. The lowest BCUT2D eigenvalue weighted by Gasteiger charge is -2.28. The van der Waals surface area contributed by atoms with E-state index < -0.39 is 5.41 Å². The topological polar surface area (TPSA) is 35.5 Å². The summed E-state index contributed by atoms with van der Waals surface area (Å²) in [4.78, 5) is 11.2. The zero-order chi connectivity index (χ0) is 8.48. The van der Waals surface area contributed by atoms with Gasteiger partial charge in [0.25, 0.3) is 0 Å². The third kappa shape index (κ3) is 2.19. The Labute approximate surface area is 66.7 Å². The van der Waals surface area contributed by atoms with E-state index in [9.17, 15) is 4.79 Å². The molecule has 0 N–H and O–H groups in total. The van der Waals surface area contributed by atoms with Crippen molar-refractivity contribution in [2.75, 3.05) is 13.2 Å². The molecule has 64 valence electrons. The SMILES string of the molecule is CC(C)(C)C(=O)OC1COC1. The predicted octanol–water partition coefficient (Wildman–Crippen LogP) is 0.974. The average molecular weight is 158 g/mol. The number of esters is 1. The Morgan fingerprint density at radius 1 is 1.45 bits per heavy atom. The van der Waals surface area contributed by atoms with Crippen LogP contribution < -0.4 is 0 Å². The summed E-state index contributed by atoms with van der Waals surface area (Å²) in [6, 6.07) is 0. The van der Waals surface area contributed by atoms with E-state index in [2.05, 4.69) is 0 Å². The minimum Gasteiger partial charge on any atom is -0.457 e. The molecule has 3 nitrogen and oxygen atoms in total. The van der Waals surface area contributed by atoms with Crippen LogP contribution in [0.5, 0.6) is 0 Å². The van der Waals surface area contributed by atoms with Crippen LogP contribution in [0.2, 0.25) is 0 Å². The van der Waals surface area contributed by atoms with Crippen LogP contribution in [0.3, 0.4) is 0 Å². The molecule has 3 heteroatoms. The highest BCUT2D eigenvalue weighted by molar-refractivity contribution is 5.75. The fourth-order valence-corrected chi connectivity index (χ4v) is 0.610. The second kappa shape index (κ2) is 2.81. The van der Waals surface area contributed by atoms with Crippen molar-refractivity contribution in [1.82, 2.24) is 0 Å². The molecule has 0 unspecified atom stereocenters. The number of hydrogen-bond acceptors (Lipinski definition) is 3. The monoisotopic (exact) mass is 158 g/mol. The maximum Gasteiger partial charge on any atom is 0.311 e. The van der Waals surface area contributed by atoms with Crippen LogP contribution in [-0.4, -0.2) is 25.3 Å². The van der Waals surface area contributed by atoms with E-state index in [4.69, 9.17) is 9.47 Å². The summed E-state index contributed by atoms with van der Waals surface area (Å²) in [5.74, 6) is -0.147. The summed E-state index contributed by atoms with van der Waals surface area (Å²) in [6.07, 6.45) is 0.00160. The van der Waals surface area contributed by atoms with Gasteiger partial charge >= 0.3 is 5.97 Å². The van der Waals surface area contributed by atoms with Crippen LogP contribution >= 0.6 is 0 Å². The second-order valence-electron chi connectivity index (χ2n) is 3.81. The van der Waals surface area contributed by atoms with Gasteiger partial charge in [-0.15, -0.1) is 0 Å². The van der Waals surface area contributed by atoms with E-state index in [0.717, 1.165) is 0 Å². The number of rotatable bonds is 1. The summed E-state index contributed by atoms with van der Waals surface area (Å²) in [6.45, 7) is 6.64. The Bertz CT molecular complexity index is 153. The van der Waals surface area contributed by atoms with E-state index in [1.54, 1.807) is 0 Å². The third-order valence-corrected chi connectivity index (χ3v) is 1.49. The molecular weight excluding hydrogens is 144 g/mol. The largest absolute Gasteiger partial charge is 0.457 e. The molecular formula is C8H14O3. The highest BCUT2D eigenvalue weighted by Gasteiger charge is 2.29. The zero-order valence-corrected chi connectivity index (χ0v) is 7.22. The predicted molar refractivity (Wildman–Crippen MR) is 40.2 cm³/mol. The van der Waals surface area contributed by atoms with Gasteiger partial charge in [-0.25, -0.2) is 0 Å². The lowest BCUT2D eigenvalue weighted by atomic mass is 9.97. The van der Waals surface area contributed by atoms with Crippen molar-refractivity contribution in [2.24, 2.45) is 5.41 Å². The molecule has 0 saturated carbocycles. The van der Waals surface area contributed by atoms with Crippen LogP contribution in [0, 0.1) is 5.41 Å². The minimum atomic E-state index is -0.393. The Hall–Kier alpha value is -0.570. The first-order chi connectivity index (χ1) is 5.00. The van der Waals surface area contributed by atoms with Crippen molar-refractivity contribution < 1.29 is 14.3 Å². The van der Waals surface area contributed by atoms with Gasteiger partial charge in [0.2, 0.25) is 0 Å². The van der Waals surface area contributed by atoms with E-state index in [1.807, 2.05) is 20.8 Å². The Kier molecular flexibility index (Phi) is 2.18. The first kappa shape index (κ1) is 8.53. The molecule has 0 spiro atoms. The molecule has 1 heterocycles. The molecule has 0 aromatic carbocycles. The zero-order valence-electron chi connectivity index (χ0n) is 7.22. The van der Waals surface area contributed by atoms with Crippen molar-refractivity contribution in [3.8, 4) is 0 Å². The summed E-state index contributed by atoms with van der Waals surface area (Å²) in [7, 11) is 0. The fourth-order valence-electron chi connectivity index (χ4n) is 0.610. The highest BCUT2D eigenvalue weighted by Crippen LogP contribution is 2.18. The Morgan fingerprint density at radius 3 is 2.27 bits per heavy atom. The maximum absolute atomic E-state index is 11.2. The van der Waals surface area contributed by atoms with Crippen LogP contribution in [0.15, 0.2) is 0 Å². The molecule has 1 saturated heterocycles. The van der Waals surface area contributed by atoms with Gasteiger partial charge in [0.15, 0.2) is 0 Å². The average Bonchev–Trinajstić information content (AvgIpc) is 1.75. The van der Waals surface area contributed by atoms with E-state index in [0.29, 0.717) is 13.2 Å². The maximum atomic E-state index is 11.2. The summed E-state index contributed by atoms with van der Waals surface area (Å²) in [5, 5.41) is 0. The lowest BCUT2D eigenvalue weighted by Crippen LogP contribution is -2.40. The van der Waals surface area contributed by atoms with Gasteiger partial charge in [0.1, 0.15) is 6.10 Å². The van der Waals surface area contributed by atoms with E-state index >= 15 is 0 Å². The summed E-state index contributed by atoms with van der Waals surface area (Å²) >= 11 is 0. The molecule has 0 aromatic heterocycles. The fraction of sp³-hybridized carbons (Fsp3) is 0.875. The van der Waals surface area contributed by atoms with Crippen molar-refractivity contribution in [3.63, 3.8) is 0 Å². The summed E-state index contributed by atoms with van der Waals surface area (Å²) < 4.78 is 9.96. The van der Waals surface area contributed by atoms with Gasteiger partial charge in [0.05, 0.1) is 18.6 Å². The lowest BCUT2D eigenvalue weighted by molar-refractivity contribution is -0.180. The number of carbonyl (C=O) groups excluding carboxylic acids is 1. The molecule has 1 fully saturated rings. The van der Waals surface area contributed by atoms with Crippen LogP contribution in [0.1, 0.15) is 20.8 Å². The van der Waals surface area contributed by atoms with Crippen LogP contribution in [0.25, 0.3) is 0 Å². The molecule has 1 aliphatic heterocycles. The van der Waals surface area contributed by atoms with Crippen molar-refractivity contribution in [2.45, 2.75) is 26.9 Å². The van der Waals surface area contributed by atoms with Crippen LogP contribution in [0.4, 0.5) is 0 Å². The van der Waals surface area contributed by atoms with Gasteiger partial charge in [-0.1, -0.05) is 0 Å². The van der Waals surface area contributed by atoms with Crippen LogP contribution in [-0.2, 0) is 14.3 Å². The van der Waals surface area contributed by atoms with E-state index in [1.165, 1.54) is 0 Å². The molecule has 11 heavy (non-hydrogen) atoms. The van der Waals surface area contributed by atoms with Gasteiger partial charge in [-0.3, -0.25) is 4.79 Å². The van der Waals surface area contributed by atoms with E-state index in [-0.39, 0.29) is 12.1 Å². The van der Waals surface area contributed by atoms with Gasteiger partial charge in [-0.2, -0.15) is 0 Å². The quantitative estimate of drug-likeness (QED) is 0.533. The number of hydrogen-bond donors (Lipinski definition) is 0. The second-order valence-corrected chi connectivity index (χ2v) is 3.81. The molecule has 0 radical (unpaired) electrons. The first-order valence-electron chi connectivity index (χ1n) is 3.79. The standard InChI is InChI=1S/C8H14O3/c1-8(2,3)7(9)11-6-4-10-5-6/h6H,4-5H2,1-3H3. The van der Waals surface area contributed by atoms with Gasteiger partial charge in [-0.05, 0) is 20.8 Å². The Balaban J connectivity index is 2.30. The molecule has 0 aromatic rings. The minimum absolute atomic E-state index is 0.00160. The van der Waals surface area contributed by atoms with Gasteiger partial charge < -0.3 is 9.47 Å². The highest BCUT2D eigenvalue weighted by atomic mass is 16.6. The van der Waals surface area contributed by atoms with Crippen molar-refractivity contribution >= 4 is 5.97 Å². The van der Waals surface area contributed by atoms with Crippen molar-refractivity contribution in [3.05, 3.63) is 0 Å². The first-order valence-corrected chi connectivity index (χ1v) is 3.79. The molecule has 0 bridgehead atoms. The van der Waals surface area contributed by atoms with Crippen molar-refractivity contribution in [1.29, 1.82) is 0 Å². The number of carbonyl (C=O) groups is 1. The molecule has 0 amide bonds. The van der Waals surface area contributed by atoms with Gasteiger partial charge in [0, 0.05) is 0 Å². The summed E-state index contributed by atoms with van der Waals surface area (Å²) in [5.41, 5.74) is -0.393. The smallest absolute Gasteiger partial charge is 0.311 e. The molecule has 0 aliphatic carbocycles.